The number of nitrogens with zero attached hydrogens (tertiary/aromatic N) is 2. The molecule has 3 N–H and O–H groups in total. The molecule has 0 fully saturated rings. The van der Waals surface area contributed by atoms with E-state index in [-0.39, 0.29) is 18.5 Å². The molecule has 0 saturated carbocycles. The van der Waals surface area contributed by atoms with Gasteiger partial charge in [-0.2, -0.15) is 0 Å². The fourth-order valence-electron chi connectivity index (χ4n) is 2.65. The number of hydrogen-bond donors (Lipinski definition) is 3. The molecular formula is C21H25FN4OS. The molecule has 0 aliphatic carbocycles. The van der Waals surface area contributed by atoms with E-state index in [4.69, 9.17) is 10.1 Å². The molecule has 0 radical (unpaired) electrons. The molecule has 148 valence electrons. The highest BCUT2D eigenvalue weighted by molar-refractivity contribution is 7.99. The monoisotopic (exact) mass is 400 g/mol. The molecular weight excluding hydrogens is 375 g/mol. The maximum atomic E-state index is 13.4. The summed E-state index contributed by atoms with van der Waals surface area (Å²) >= 11 is 1.44. The zero-order valence-electron chi connectivity index (χ0n) is 16.2. The second kappa shape index (κ2) is 9.21. The van der Waals surface area contributed by atoms with Crippen LogP contribution in [0.1, 0.15) is 20.8 Å². The molecule has 1 atom stereocenters. The van der Waals surface area contributed by atoms with Crippen LogP contribution in [-0.2, 0) is 0 Å². The average molecular weight is 401 g/mol. The summed E-state index contributed by atoms with van der Waals surface area (Å²) in [7, 11) is 0. The van der Waals surface area contributed by atoms with Gasteiger partial charge >= 0.3 is 0 Å². The van der Waals surface area contributed by atoms with E-state index in [1.807, 2.05) is 12.1 Å². The number of benzene rings is 1. The maximum absolute atomic E-state index is 13.4. The number of H-pyrrole nitrogens is 1. The molecule has 1 aromatic carbocycles. The van der Waals surface area contributed by atoms with Gasteiger partial charge in [0.1, 0.15) is 11.6 Å². The van der Waals surface area contributed by atoms with Crippen molar-refractivity contribution in [2.75, 3.05) is 17.7 Å². The van der Waals surface area contributed by atoms with Gasteiger partial charge in [-0.15, -0.1) is 0 Å². The van der Waals surface area contributed by atoms with Crippen LogP contribution in [0.25, 0.3) is 22.5 Å². The van der Waals surface area contributed by atoms with Crippen LogP contribution in [0.2, 0.25) is 0 Å². The van der Waals surface area contributed by atoms with Crippen molar-refractivity contribution in [2.24, 2.45) is 5.92 Å². The Bertz CT molecular complexity index is 911. The number of imidazole rings is 1. The van der Waals surface area contributed by atoms with E-state index in [1.165, 1.54) is 23.9 Å². The van der Waals surface area contributed by atoms with E-state index < -0.39 is 0 Å². The molecule has 1 unspecified atom stereocenters. The normalized spacial score (nSPS) is 12.4. The highest BCUT2D eigenvalue weighted by Gasteiger charge is 2.16. The Kier molecular flexibility index (Phi) is 6.70. The highest BCUT2D eigenvalue weighted by atomic mass is 32.2. The predicted octanol–water partition coefficient (Wildman–Crippen LogP) is 4.82. The van der Waals surface area contributed by atoms with Gasteiger partial charge in [0, 0.05) is 29.1 Å². The van der Waals surface area contributed by atoms with Gasteiger partial charge in [0.15, 0.2) is 5.16 Å². The van der Waals surface area contributed by atoms with Crippen LogP contribution in [0.15, 0.2) is 47.8 Å². The fraction of sp³-hybridized carbons (Fsp3) is 0.333. The lowest BCUT2D eigenvalue weighted by molar-refractivity contribution is 0.322. The van der Waals surface area contributed by atoms with Crippen molar-refractivity contribution in [3.05, 3.63) is 48.4 Å². The highest BCUT2D eigenvalue weighted by Crippen LogP contribution is 2.33. The molecule has 0 spiro atoms. The van der Waals surface area contributed by atoms with Crippen LogP contribution in [0.4, 0.5) is 10.2 Å². The van der Waals surface area contributed by atoms with Crippen LogP contribution in [0, 0.1) is 11.7 Å². The molecule has 0 amide bonds. The minimum atomic E-state index is -0.280. The van der Waals surface area contributed by atoms with E-state index >= 15 is 0 Å². The summed E-state index contributed by atoms with van der Waals surface area (Å²) in [5.74, 6) is 1.53. The molecule has 28 heavy (non-hydrogen) atoms. The smallest absolute Gasteiger partial charge is 0.166 e. The molecule has 3 aromatic rings. The zero-order chi connectivity index (χ0) is 20.1. The minimum absolute atomic E-state index is 0.0724. The molecule has 0 saturated heterocycles. The molecule has 7 heteroatoms. The van der Waals surface area contributed by atoms with Crippen molar-refractivity contribution >= 4 is 17.6 Å². The molecule has 2 heterocycles. The Morgan fingerprint density at radius 2 is 1.89 bits per heavy atom. The second-order valence-electron chi connectivity index (χ2n) is 6.95. The Labute approximate surface area is 168 Å². The van der Waals surface area contributed by atoms with Crippen molar-refractivity contribution in [3.8, 4) is 22.5 Å². The van der Waals surface area contributed by atoms with E-state index in [0.29, 0.717) is 16.8 Å². The number of aromatic amines is 1. The fourth-order valence-corrected chi connectivity index (χ4v) is 3.27. The Hall–Kier alpha value is -2.38. The standard InChI is InChI=1S/C21H25FN4OS/c1-13(2)14(3)24-18-12-16(8-9-23-18)20-19(15-4-6-17(22)7-5-15)25-21(26-20)28-11-10-27/h4-9,12-14,27H,10-11H2,1-3H3,(H,23,24)(H,25,26). The number of nitrogens with one attached hydrogen (secondary N) is 2. The van der Waals surface area contributed by atoms with Crippen LogP contribution in [-0.4, -0.2) is 38.5 Å². The first kappa shape index (κ1) is 20.4. The summed E-state index contributed by atoms with van der Waals surface area (Å²) in [4.78, 5) is 12.4. The van der Waals surface area contributed by atoms with E-state index in [9.17, 15) is 4.39 Å². The molecule has 3 rings (SSSR count). The number of aliphatic hydroxyl groups is 1. The topological polar surface area (TPSA) is 73.8 Å². The quantitative estimate of drug-likeness (QED) is 0.473. The Balaban J connectivity index is 2.00. The van der Waals surface area contributed by atoms with Crippen molar-refractivity contribution in [3.63, 3.8) is 0 Å². The number of anilines is 1. The minimum Gasteiger partial charge on any atom is -0.396 e. The summed E-state index contributed by atoms with van der Waals surface area (Å²) in [5, 5.41) is 13.2. The first-order chi connectivity index (χ1) is 13.5. The van der Waals surface area contributed by atoms with E-state index in [0.717, 1.165) is 28.3 Å². The third-order valence-corrected chi connectivity index (χ3v) is 5.41. The van der Waals surface area contributed by atoms with Gasteiger partial charge in [-0.3, -0.25) is 0 Å². The van der Waals surface area contributed by atoms with Gasteiger partial charge in [-0.1, -0.05) is 25.6 Å². The first-order valence-electron chi connectivity index (χ1n) is 9.30. The summed E-state index contributed by atoms with van der Waals surface area (Å²) in [6.45, 7) is 6.52. The predicted molar refractivity (Wildman–Crippen MR) is 113 cm³/mol. The molecule has 5 nitrogen and oxygen atoms in total. The number of thioether (sulfide) groups is 1. The van der Waals surface area contributed by atoms with Crippen molar-refractivity contribution < 1.29 is 9.50 Å². The van der Waals surface area contributed by atoms with E-state index in [1.54, 1.807) is 18.3 Å². The lowest BCUT2D eigenvalue weighted by Gasteiger charge is -2.18. The first-order valence-corrected chi connectivity index (χ1v) is 10.3. The van der Waals surface area contributed by atoms with Gasteiger partial charge in [0.25, 0.3) is 0 Å². The van der Waals surface area contributed by atoms with E-state index in [2.05, 4.69) is 36.1 Å². The summed E-state index contributed by atoms with van der Waals surface area (Å²) in [5.41, 5.74) is 3.35. The van der Waals surface area contributed by atoms with Crippen molar-refractivity contribution in [1.82, 2.24) is 15.0 Å². The van der Waals surface area contributed by atoms with Gasteiger partial charge in [0.05, 0.1) is 18.0 Å². The lowest BCUT2D eigenvalue weighted by atomic mass is 10.0. The number of hydrogen-bond acceptors (Lipinski definition) is 5. The number of pyridine rings is 1. The van der Waals surface area contributed by atoms with Crippen LogP contribution in [0.5, 0.6) is 0 Å². The summed E-state index contributed by atoms with van der Waals surface area (Å²) in [6, 6.07) is 10.5. The van der Waals surface area contributed by atoms with Gasteiger partial charge < -0.3 is 15.4 Å². The molecule has 0 aliphatic rings. The third-order valence-electron chi connectivity index (χ3n) is 4.55. The molecule has 0 aliphatic heterocycles. The summed E-state index contributed by atoms with van der Waals surface area (Å²) in [6.07, 6.45) is 1.76. The maximum Gasteiger partial charge on any atom is 0.166 e. The summed E-state index contributed by atoms with van der Waals surface area (Å²) < 4.78 is 13.4. The zero-order valence-corrected chi connectivity index (χ0v) is 17.1. The van der Waals surface area contributed by atoms with Crippen LogP contribution in [0.3, 0.4) is 0 Å². The van der Waals surface area contributed by atoms with Crippen LogP contribution >= 0.6 is 11.8 Å². The van der Waals surface area contributed by atoms with Gasteiger partial charge in [-0.05, 0) is 49.2 Å². The van der Waals surface area contributed by atoms with Crippen LogP contribution < -0.4 is 5.32 Å². The molecule has 0 bridgehead atoms. The third kappa shape index (κ3) is 4.91. The number of rotatable bonds is 8. The largest absolute Gasteiger partial charge is 0.396 e. The Morgan fingerprint density at radius 1 is 1.14 bits per heavy atom. The molecule has 2 aromatic heterocycles. The second-order valence-corrected chi connectivity index (χ2v) is 8.03. The number of aromatic nitrogens is 3. The van der Waals surface area contributed by atoms with Crippen molar-refractivity contribution in [2.45, 2.75) is 32.0 Å². The van der Waals surface area contributed by atoms with Gasteiger partial charge in [-0.25, -0.2) is 14.4 Å². The Morgan fingerprint density at radius 3 is 2.57 bits per heavy atom. The van der Waals surface area contributed by atoms with Crippen molar-refractivity contribution in [1.29, 1.82) is 0 Å². The van der Waals surface area contributed by atoms with Gasteiger partial charge in [0.2, 0.25) is 0 Å². The average Bonchev–Trinajstić information content (AvgIpc) is 3.11. The number of halogens is 1. The number of aliphatic hydroxyl groups excluding tert-OH is 1. The SMILES string of the molecule is CC(C)C(C)Nc1cc(-c2nc(SCCO)[nH]c2-c2ccc(F)cc2)ccn1. The lowest BCUT2D eigenvalue weighted by Crippen LogP contribution is -2.22.